The largest absolute Gasteiger partial charge is 0.484 e. The summed E-state index contributed by atoms with van der Waals surface area (Å²) in [5, 5.41) is 0. The average Bonchev–Trinajstić information content (AvgIpc) is 2.55. The fraction of sp³-hybridized carbons (Fsp3) is 0.389. The molecule has 1 saturated heterocycles. The molecule has 1 fully saturated rings. The molecule has 2 aromatic rings. The van der Waals surface area contributed by atoms with E-state index in [2.05, 4.69) is 9.88 Å². The van der Waals surface area contributed by atoms with Gasteiger partial charge in [-0.25, -0.2) is 8.78 Å². The van der Waals surface area contributed by atoms with Crippen molar-refractivity contribution in [2.75, 3.05) is 6.54 Å². The predicted molar refractivity (Wildman–Crippen MR) is 86.9 cm³/mol. The molecule has 3 rings (SSSR count). The second-order valence-corrected chi connectivity index (χ2v) is 6.16. The van der Waals surface area contributed by atoms with E-state index in [1.807, 2.05) is 13.0 Å². The van der Waals surface area contributed by atoms with Crippen molar-refractivity contribution in [3.8, 4) is 5.75 Å². The number of piperidine rings is 1. The van der Waals surface area contributed by atoms with Crippen molar-refractivity contribution in [1.29, 1.82) is 0 Å². The first-order valence-corrected chi connectivity index (χ1v) is 8.06. The summed E-state index contributed by atoms with van der Waals surface area (Å²) < 4.78 is 33.0. The molecule has 0 amide bonds. The van der Waals surface area contributed by atoms with E-state index in [1.54, 1.807) is 12.3 Å². The van der Waals surface area contributed by atoms with Gasteiger partial charge >= 0.3 is 0 Å². The lowest BCUT2D eigenvalue weighted by Crippen LogP contribution is -2.44. The average molecular weight is 334 g/mol. The minimum Gasteiger partial charge on any atom is -0.484 e. The summed E-state index contributed by atoms with van der Waals surface area (Å²) in [5.74, 6) is -1.66. The number of ether oxygens (including phenoxy) is 1. The molecule has 1 aromatic carbocycles. The Morgan fingerprint density at radius 1 is 1.25 bits per heavy atom. The van der Waals surface area contributed by atoms with Crippen LogP contribution in [0, 0.1) is 11.6 Å². The maximum atomic E-state index is 13.7. The highest BCUT2D eigenvalue weighted by molar-refractivity contribution is 5.26. The van der Waals surface area contributed by atoms with Crippen LogP contribution in [0.2, 0.25) is 0 Å². The Morgan fingerprint density at radius 3 is 2.67 bits per heavy atom. The number of benzene rings is 1. The number of para-hydroxylation sites is 1. The van der Waals surface area contributed by atoms with E-state index in [4.69, 9.17) is 4.74 Å². The highest BCUT2D eigenvalue weighted by Crippen LogP contribution is 2.27. The number of pyridine rings is 1. The molecule has 0 spiro atoms. The molecule has 1 aliphatic heterocycles. The minimum atomic E-state index is -0.680. The van der Waals surface area contributed by atoms with Gasteiger partial charge in [0.1, 0.15) is 6.10 Å². The minimum absolute atomic E-state index is 0.0866. The van der Waals surface area contributed by atoms with E-state index in [0.29, 0.717) is 31.5 Å². The van der Waals surface area contributed by atoms with Crippen molar-refractivity contribution in [2.45, 2.75) is 38.5 Å². The molecule has 128 valence electrons. The third-order valence-corrected chi connectivity index (χ3v) is 4.44. The highest BCUT2D eigenvalue weighted by atomic mass is 19.1. The van der Waals surface area contributed by atoms with Crippen molar-refractivity contribution < 1.29 is 13.5 Å². The summed E-state index contributed by atoms with van der Waals surface area (Å²) in [6, 6.07) is 7.47. The van der Waals surface area contributed by atoms with Gasteiger partial charge in [-0.3, -0.25) is 9.69 Å². The first kappa shape index (κ1) is 16.6. The van der Waals surface area contributed by atoms with Gasteiger partial charge in [-0.05, 0) is 38.0 Å². The summed E-state index contributed by atoms with van der Waals surface area (Å²) in [6.07, 6.45) is 2.68. The normalized spacial score (nSPS) is 21.6. The van der Waals surface area contributed by atoms with Gasteiger partial charge in [0.15, 0.2) is 17.4 Å². The first-order valence-electron chi connectivity index (χ1n) is 8.06. The van der Waals surface area contributed by atoms with E-state index in [-0.39, 0.29) is 23.5 Å². The van der Waals surface area contributed by atoms with Crippen LogP contribution in [0.25, 0.3) is 0 Å². The lowest BCUT2D eigenvalue weighted by molar-refractivity contribution is 0.0537. The molecule has 24 heavy (non-hydrogen) atoms. The van der Waals surface area contributed by atoms with Crippen molar-refractivity contribution in [1.82, 2.24) is 9.88 Å². The number of hydrogen-bond acceptors (Lipinski definition) is 3. The molecular weight excluding hydrogens is 314 g/mol. The lowest BCUT2D eigenvalue weighted by Gasteiger charge is -2.37. The number of aromatic nitrogens is 1. The van der Waals surface area contributed by atoms with E-state index in [9.17, 15) is 13.6 Å². The third kappa shape index (κ3) is 3.64. The second-order valence-electron chi connectivity index (χ2n) is 6.16. The standard InChI is InChI=1S/C18H20F2N2O2/c1-12-10-14(24-17-15(19)5-2-6-16(17)20)7-9-22(12)11-13-4-3-8-21-18(13)23/h2-6,8,12,14H,7,9-11H2,1H3,(H,21,23). The Balaban J connectivity index is 1.63. The monoisotopic (exact) mass is 334 g/mol. The van der Waals surface area contributed by atoms with Crippen LogP contribution in [0.3, 0.4) is 0 Å². The summed E-state index contributed by atoms with van der Waals surface area (Å²) in [6.45, 7) is 3.29. The fourth-order valence-corrected chi connectivity index (χ4v) is 3.08. The Labute approximate surface area is 139 Å². The van der Waals surface area contributed by atoms with Crippen LogP contribution in [0.15, 0.2) is 41.3 Å². The molecular formula is C18H20F2N2O2. The molecule has 0 saturated carbocycles. The van der Waals surface area contributed by atoms with Crippen LogP contribution < -0.4 is 10.3 Å². The van der Waals surface area contributed by atoms with Gasteiger partial charge in [0.2, 0.25) is 0 Å². The third-order valence-electron chi connectivity index (χ3n) is 4.44. The molecule has 0 aliphatic carbocycles. The Kier molecular flexibility index (Phi) is 4.94. The van der Waals surface area contributed by atoms with Crippen molar-refractivity contribution in [3.05, 3.63) is 64.1 Å². The van der Waals surface area contributed by atoms with E-state index in [1.165, 1.54) is 18.2 Å². The number of halogens is 2. The van der Waals surface area contributed by atoms with Crippen LogP contribution >= 0.6 is 0 Å². The van der Waals surface area contributed by atoms with Gasteiger partial charge < -0.3 is 9.72 Å². The molecule has 0 radical (unpaired) electrons. The summed E-state index contributed by atoms with van der Waals surface area (Å²) in [4.78, 5) is 16.6. The molecule has 4 nitrogen and oxygen atoms in total. The zero-order valence-corrected chi connectivity index (χ0v) is 13.5. The molecule has 1 N–H and O–H groups in total. The Hall–Kier alpha value is -2.21. The maximum Gasteiger partial charge on any atom is 0.252 e. The van der Waals surface area contributed by atoms with Crippen molar-refractivity contribution in [3.63, 3.8) is 0 Å². The number of H-pyrrole nitrogens is 1. The lowest BCUT2D eigenvalue weighted by atomic mass is 10.00. The Bertz CT molecular complexity index is 742. The zero-order valence-electron chi connectivity index (χ0n) is 13.5. The SMILES string of the molecule is CC1CC(Oc2c(F)cccc2F)CCN1Cc1ccc[nH]c1=O. The van der Waals surface area contributed by atoms with Gasteiger partial charge in [-0.1, -0.05) is 12.1 Å². The number of hydrogen-bond donors (Lipinski definition) is 1. The number of aromatic amines is 1. The van der Waals surface area contributed by atoms with E-state index >= 15 is 0 Å². The molecule has 2 heterocycles. The van der Waals surface area contributed by atoms with E-state index in [0.717, 1.165) is 0 Å². The molecule has 1 aromatic heterocycles. The summed E-state index contributed by atoms with van der Waals surface area (Å²) in [7, 11) is 0. The quantitative estimate of drug-likeness (QED) is 0.935. The topological polar surface area (TPSA) is 45.3 Å². The molecule has 2 unspecified atom stereocenters. The van der Waals surface area contributed by atoms with Gasteiger partial charge in [0, 0.05) is 30.9 Å². The van der Waals surface area contributed by atoms with Crippen LogP contribution in [0.5, 0.6) is 5.75 Å². The number of nitrogens with one attached hydrogen (secondary N) is 1. The maximum absolute atomic E-state index is 13.7. The van der Waals surface area contributed by atoms with Crippen LogP contribution in [-0.4, -0.2) is 28.6 Å². The molecule has 6 heteroatoms. The number of rotatable bonds is 4. The molecule has 1 aliphatic rings. The smallest absolute Gasteiger partial charge is 0.252 e. The Morgan fingerprint density at radius 2 is 2.00 bits per heavy atom. The van der Waals surface area contributed by atoms with Crippen molar-refractivity contribution in [2.24, 2.45) is 0 Å². The predicted octanol–water partition coefficient (Wildman–Crippen LogP) is 3.09. The molecule has 2 atom stereocenters. The van der Waals surface area contributed by atoms with Crippen LogP contribution in [-0.2, 0) is 6.54 Å². The van der Waals surface area contributed by atoms with Crippen LogP contribution in [0.4, 0.5) is 8.78 Å². The first-order chi connectivity index (χ1) is 11.5. The number of likely N-dealkylation sites (tertiary alicyclic amines) is 1. The summed E-state index contributed by atoms with van der Waals surface area (Å²) in [5.41, 5.74) is 0.625. The van der Waals surface area contributed by atoms with Gasteiger partial charge in [-0.2, -0.15) is 0 Å². The van der Waals surface area contributed by atoms with Gasteiger partial charge in [0.05, 0.1) is 0 Å². The number of nitrogens with zero attached hydrogens (tertiary/aromatic N) is 1. The van der Waals surface area contributed by atoms with Crippen molar-refractivity contribution >= 4 is 0 Å². The van der Waals surface area contributed by atoms with Crippen LogP contribution in [0.1, 0.15) is 25.3 Å². The van der Waals surface area contributed by atoms with E-state index < -0.39 is 11.6 Å². The highest BCUT2D eigenvalue weighted by Gasteiger charge is 2.28. The summed E-state index contributed by atoms with van der Waals surface area (Å²) >= 11 is 0. The second kappa shape index (κ2) is 7.13. The molecule has 0 bridgehead atoms. The van der Waals surface area contributed by atoms with Gasteiger partial charge in [0.25, 0.3) is 5.56 Å². The van der Waals surface area contributed by atoms with Gasteiger partial charge in [-0.15, -0.1) is 0 Å². The fourth-order valence-electron chi connectivity index (χ4n) is 3.08. The zero-order chi connectivity index (χ0) is 17.1.